The Morgan fingerprint density at radius 2 is 1.89 bits per heavy atom. The monoisotopic (exact) mass is 405 g/mol. The third-order valence-corrected chi connectivity index (χ3v) is 3.79. The quantitative estimate of drug-likeness (QED) is 0.608. The van der Waals surface area contributed by atoms with E-state index in [0.29, 0.717) is 6.07 Å². The zero-order valence-electron chi connectivity index (χ0n) is 15.8. The van der Waals surface area contributed by atoms with Crippen LogP contribution in [0.5, 0.6) is 5.75 Å². The van der Waals surface area contributed by atoms with E-state index in [1.807, 2.05) is 0 Å². The van der Waals surface area contributed by atoms with Gasteiger partial charge in [-0.2, -0.15) is 18.3 Å². The fourth-order valence-corrected chi connectivity index (χ4v) is 2.38. The number of carbonyl (C=O) groups is 1. The summed E-state index contributed by atoms with van der Waals surface area (Å²) in [5.41, 5.74) is -2.21. The minimum absolute atomic E-state index is 0.102. The van der Waals surface area contributed by atoms with E-state index in [9.17, 15) is 27.5 Å². The van der Waals surface area contributed by atoms with Gasteiger partial charge in [-0.25, -0.2) is 18.9 Å². The van der Waals surface area contributed by atoms with Gasteiger partial charge in [0.1, 0.15) is 22.7 Å². The van der Waals surface area contributed by atoms with Gasteiger partial charge >= 0.3 is 12.1 Å². The van der Waals surface area contributed by atoms with Gasteiger partial charge < -0.3 is 14.6 Å². The number of carbonyl (C=O) groups excluding carboxylic acids is 1. The van der Waals surface area contributed by atoms with Crippen molar-refractivity contribution in [1.82, 2.24) is 14.8 Å². The fourth-order valence-electron chi connectivity index (χ4n) is 2.38. The number of benzene rings is 1. The van der Waals surface area contributed by atoms with E-state index in [4.69, 9.17) is 4.74 Å². The molecule has 0 radical (unpaired) electrons. The first kappa shape index (κ1) is 21.6. The molecule has 0 saturated heterocycles. The van der Waals surface area contributed by atoms with E-state index in [-0.39, 0.29) is 17.2 Å². The zero-order valence-corrected chi connectivity index (χ0v) is 15.8. The predicted molar refractivity (Wildman–Crippen MR) is 89.1 cm³/mol. The second-order valence-corrected chi connectivity index (χ2v) is 6.56. The lowest BCUT2D eigenvalue weighted by Gasteiger charge is -2.19. The molecule has 0 amide bonds. The van der Waals surface area contributed by atoms with E-state index >= 15 is 0 Å². The largest absolute Gasteiger partial charge is 0.480 e. The van der Waals surface area contributed by atoms with Crippen LogP contribution in [0.25, 0.3) is 11.4 Å². The number of nitrogens with zero attached hydrogens (tertiary/aromatic N) is 3. The Labute approximate surface area is 157 Å². The Kier molecular flexibility index (Phi) is 5.69. The summed E-state index contributed by atoms with van der Waals surface area (Å²) in [4.78, 5) is 15.9. The Morgan fingerprint density at radius 1 is 1.29 bits per heavy atom. The molecule has 7 nitrogen and oxygen atoms in total. The van der Waals surface area contributed by atoms with Crippen molar-refractivity contribution >= 4 is 5.97 Å². The molecule has 28 heavy (non-hydrogen) atoms. The number of alkyl halides is 3. The van der Waals surface area contributed by atoms with Crippen LogP contribution in [0.4, 0.5) is 17.6 Å². The van der Waals surface area contributed by atoms with Crippen molar-refractivity contribution in [2.75, 3.05) is 7.11 Å². The Bertz CT molecular complexity index is 888. The molecule has 1 heterocycles. The van der Waals surface area contributed by atoms with Crippen LogP contribution >= 0.6 is 0 Å². The van der Waals surface area contributed by atoms with Crippen LogP contribution in [0.2, 0.25) is 0 Å². The van der Waals surface area contributed by atoms with Crippen LogP contribution in [-0.4, -0.2) is 45.2 Å². The summed E-state index contributed by atoms with van der Waals surface area (Å²) >= 11 is 0. The van der Waals surface area contributed by atoms with E-state index in [1.165, 1.54) is 25.6 Å². The van der Waals surface area contributed by atoms with Crippen molar-refractivity contribution in [3.05, 3.63) is 29.3 Å². The van der Waals surface area contributed by atoms with Crippen molar-refractivity contribution in [2.24, 2.45) is 7.05 Å². The smallest absolute Gasteiger partial charge is 0.425 e. The molecule has 0 aliphatic carbocycles. The van der Waals surface area contributed by atoms with Crippen LogP contribution in [-0.2, 0) is 17.4 Å². The molecule has 2 rings (SSSR count). The predicted octanol–water partition coefficient (Wildman–Crippen LogP) is 2.96. The summed E-state index contributed by atoms with van der Waals surface area (Å²) in [5, 5.41) is 14.1. The number of esters is 1. The molecule has 0 aliphatic heterocycles. The Balaban J connectivity index is 2.61. The molecule has 1 aromatic carbocycles. The second kappa shape index (κ2) is 7.38. The third kappa shape index (κ3) is 4.41. The van der Waals surface area contributed by atoms with Gasteiger partial charge in [0.2, 0.25) is 0 Å². The van der Waals surface area contributed by atoms with E-state index in [2.05, 4.69) is 14.8 Å². The first-order valence-corrected chi connectivity index (χ1v) is 8.05. The minimum atomic E-state index is -4.71. The number of ether oxygens (including phenoxy) is 2. The van der Waals surface area contributed by atoms with Crippen molar-refractivity contribution in [3.8, 4) is 17.1 Å². The van der Waals surface area contributed by atoms with Gasteiger partial charge in [-0.05, 0) is 32.9 Å². The van der Waals surface area contributed by atoms with Gasteiger partial charge in [-0.3, -0.25) is 0 Å². The molecule has 0 saturated carbocycles. The summed E-state index contributed by atoms with van der Waals surface area (Å²) in [6, 6.07) is 1.59. The van der Waals surface area contributed by atoms with E-state index < -0.39 is 41.0 Å². The maximum absolute atomic E-state index is 14.6. The van der Waals surface area contributed by atoms with Crippen LogP contribution in [0, 0.1) is 5.82 Å². The molecule has 0 bridgehead atoms. The molecule has 0 fully saturated rings. The maximum atomic E-state index is 14.6. The van der Waals surface area contributed by atoms with Gasteiger partial charge in [0.15, 0.2) is 17.8 Å². The zero-order chi connectivity index (χ0) is 21.4. The molecule has 1 N–H and O–H groups in total. The number of rotatable bonds is 5. The number of methoxy groups -OCH3 is 1. The molecular formula is C17H19F4N3O4. The van der Waals surface area contributed by atoms with Crippen LogP contribution in [0.3, 0.4) is 0 Å². The second-order valence-electron chi connectivity index (χ2n) is 6.56. The topological polar surface area (TPSA) is 86.5 Å². The molecule has 0 spiro atoms. The first-order chi connectivity index (χ1) is 12.8. The molecule has 154 valence electrons. The van der Waals surface area contributed by atoms with Gasteiger partial charge in [0.25, 0.3) is 0 Å². The van der Waals surface area contributed by atoms with Crippen molar-refractivity contribution in [3.63, 3.8) is 0 Å². The number of halogens is 4. The number of aryl methyl sites for hydroxylation is 1. The molecule has 2 aromatic rings. The number of hydrogen-bond acceptors (Lipinski definition) is 6. The van der Waals surface area contributed by atoms with Crippen molar-refractivity contribution in [2.45, 2.75) is 38.7 Å². The lowest BCUT2D eigenvalue weighted by atomic mass is 10.1. The number of aliphatic hydroxyl groups is 1. The van der Waals surface area contributed by atoms with Gasteiger partial charge in [0.05, 0.1) is 12.7 Å². The molecule has 1 atom stereocenters. The van der Waals surface area contributed by atoms with E-state index in [0.717, 1.165) is 20.1 Å². The van der Waals surface area contributed by atoms with Crippen molar-refractivity contribution in [1.29, 1.82) is 0 Å². The summed E-state index contributed by atoms with van der Waals surface area (Å²) in [5.74, 6) is -2.67. The third-order valence-electron chi connectivity index (χ3n) is 3.79. The maximum Gasteiger partial charge on any atom is 0.425 e. The summed E-state index contributed by atoms with van der Waals surface area (Å²) < 4.78 is 63.7. The average Bonchev–Trinajstić information content (AvgIpc) is 2.96. The summed E-state index contributed by atoms with van der Waals surface area (Å²) in [6.07, 6.45) is -6.97. The highest BCUT2D eigenvalue weighted by atomic mass is 19.4. The molecule has 11 heteroatoms. The van der Waals surface area contributed by atoms with Gasteiger partial charge in [-0.15, -0.1) is 0 Å². The molecule has 1 unspecified atom stereocenters. The van der Waals surface area contributed by atoms with Gasteiger partial charge in [0, 0.05) is 7.05 Å². The highest BCUT2D eigenvalue weighted by Crippen LogP contribution is 2.33. The summed E-state index contributed by atoms with van der Waals surface area (Å²) in [6.45, 7) is 3.63. The molecule has 1 aromatic heterocycles. The highest BCUT2D eigenvalue weighted by molar-refractivity contribution is 5.93. The SMILES string of the molecule is COC(=O)c1cc(F)c(-c2nc(C(C)(C)O)n(C)n2)cc1OC(C)C(F)(F)F. The Morgan fingerprint density at radius 3 is 2.36 bits per heavy atom. The lowest BCUT2D eigenvalue weighted by molar-refractivity contribution is -0.189. The molecular weight excluding hydrogens is 386 g/mol. The first-order valence-electron chi connectivity index (χ1n) is 8.05. The van der Waals surface area contributed by atoms with Crippen LogP contribution in [0.15, 0.2) is 12.1 Å². The highest BCUT2D eigenvalue weighted by Gasteiger charge is 2.39. The van der Waals surface area contributed by atoms with Crippen molar-refractivity contribution < 1.29 is 36.9 Å². The van der Waals surface area contributed by atoms with Crippen LogP contribution in [0.1, 0.15) is 37.0 Å². The number of aromatic nitrogens is 3. The standard InChI is InChI=1S/C17H19F4N3O4/c1-8(17(19,20)21)28-12-7-9(11(18)6-10(12)14(25)27-5)13-22-15(16(2,3)26)24(4)23-13/h6-8,26H,1-5H3. The van der Waals surface area contributed by atoms with Gasteiger partial charge in [-0.1, -0.05) is 0 Å². The minimum Gasteiger partial charge on any atom is -0.480 e. The van der Waals surface area contributed by atoms with Crippen LogP contribution < -0.4 is 4.74 Å². The fraction of sp³-hybridized carbons (Fsp3) is 0.471. The lowest BCUT2D eigenvalue weighted by Crippen LogP contribution is -2.31. The number of hydrogen-bond donors (Lipinski definition) is 1. The average molecular weight is 405 g/mol. The molecule has 0 aliphatic rings. The normalized spacial score (nSPS) is 13.4. The van der Waals surface area contributed by atoms with E-state index in [1.54, 1.807) is 0 Å². The Hall–Kier alpha value is -2.69. The summed E-state index contributed by atoms with van der Waals surface area (Å²) in [7, 11) is 2.47.